The Morgan fingerprint density at radius 2 is 1.71 bits per heavy atom. The molecule has 0 unspecified atom stereocenters. The van der Waals surface area contributed by atoms with Crippen LogP contribution in [-0.2, 0) is 10.0 Å². The molecular weight excluding hydrogens is 284 g/mol. The van der Waals surface area contributed by atoms with Crippen molar-refractivity contribution in [2.45, 2.75) is 45.9 Å². The Morgan fingerprint density at radius 3 is 2.14 bits per heavy atom. The number of benzene rings is 1. The molecular formula is C16H28N2O2S. The van der Waals surface area contributed by atoms with Gasteiger partial charge < -0.3 is 5.32 Å². The zero-order chi connectivity index (χ0) is 16.2. The lowest BCUT2D eigenvalue weighted by Crippen LogP contribution is -2.29. The van der Waals surface area contributed by atoms with Crippen molar-refractivity contribution in [3.63, 3.8) is 0 Å². The van der Waals surface area contributed by atoms with Gasteiger partial charge in [-0.3, -0.25) is 0 Å². The van der Waals surface area contributed by atoms with E-state index in [1.54, 1.807) is 7.05 Å². The molecule has 5 heteroatoms. The molecule has 1 aromatic rings. The lowest BCUT2D eigenvalue weighted by atomic mass is 10.1. The van der Waals surface area contributed by atoms with Crippen LogP contribution >= 0.6 is 0 Å². The summed E-state index contributed by atoms with van der Waals surface area (Å²) >= 11 is 0. The van der Waals surface area contributed by atoms with E-state index in [9.17, 15) is 8.42 Å². The first kappa shape index (κ1) is 18.0. The van der Waals surface area contributed by atoms with Crippen molar-refractivity contribution in [3.8, 4) is 0 Å². The first-order valence-electron chi connectivity index (χ1n) is 7.51. The highest BCUT2D eigenvalue weighted by atomic mass is 32.2. The number of sulfonamides is 1. The minimum absolute atomic E-state index is 0.440. The predicted molar refractivity (Wildman–Crippen MR) is 89.4 cm³/mol. The van der Waals surface area contributed by atoms with E-state index in [-0.39, 0.29) is 0 Å². The predicted octanol–water partition coefficient (Wildman–Crippen LogP) is 3.40. The Bertz CT molecular complexity index is 557. The van der Waals surface area contributed by atoms with Crippen molar-refractivity contribution in [2.75, 3.05) is 25.5 Å². The van der Waals surface area contributed by atoms with Crippen molar-refractivity contribution in [1.82, 2.24) is 4.31 Å². The summed E-state index contributed by atoms with van der Waals surface area (Å²) in [6.45, 7) is 11.3. The van der Waals surface area contributed by atoms with Gasteiger partial charge in [0.05, 0.1) is 4.90 Å². The van der Waals surface area contributed by atoms with Gasteiger partial charge in [-0.1, -0.05) is 13.8 Å². The minimum atomic E-state index is -3.42. The van der Waals surface area contributed by atoms with Gasteiger partial charge in [0.1, 0.15) is 0 Å². The lowest BCUT2D eigenvalue weighted by molar-refractivity contribution is 0.427. The summed E-state index contributed by atoms with van der Waals surface area (Å²) in [4.78, 5) is 0.440. The van der Waals surface area contributed by atoms with Crippen LogP contribution in [0.2, 0.25) is 0 Å². The molecule has 0 heterocycles. The van der Waals surface area contributed by atoms with E-state index in [1.807, 2.05) is 32.9 Å². The number of hydrogen-bond acceptors (Lipinski definition) is 3. The summed E-state index contributed by atoms with van der Waals surface area (Å²) in [6, 6.07) is 3.80. The smallest absolute Gasteiger partial charge is 0.243 e. The van der Waals surface area contributed by atoms with Crippen molar-refractivity contribution in [3.05, 3.63) is 23.3 Å². The van der Waals surface area contributed by atoms with E-state index >= 15 is 0 Å². The summed E-state index contributed by atoms with van der Waals surface area (Å²) in [5.74, 6) is 0.487. The molecule has 0 aliphatic carbocycles. The molecule has 21 heavy (non-hydrogen) atoms. The number of rotatable bonds is 7. The van der Waals surface area contributed by atoms with Crippen LogP contribution in [0.15, 0.2) is 17.0 Å². The highest BCUT2D eigenvalue weighted by Crippen LogP contribution is 2.27. The average molecular weight is 312 g/mol. The molecule has 1 aromatic carbocycles. The first-order chi connectivity index (χ1) is 9.70. The second kappa shape index (κ2) is 7.27. The van der Waals surface area contributed by atoms with Gasteiger partial charge >= 0.3 is 0 Å². The molecule has 0 bridgehead atoms. The lowest BCUT2D eigenvalue weighted by Gasteiger charge is -2.21. The maximum atomic E-state index is 12.8. The van der Waals surface area contributed by atoms with E-state index in [1.165, 1.54) is 4.31 Å². The zero-order valence-corrected chi connectivity index (χ0v) is 14.8. The van der Waals surface area contributed by atoms with Gasteiger partial charge in [-0.25, -0.2) is 12.7 Å². The molecule has 120 valence electrons. The van der Waals surface area contributed by atoms with Crippen molar-refractivity contribution < 1.29 is 8.42 Å². The number of nitrogens with zero attached hydrogens (tertiary/aromatic N) is 1. The third kappa shape index (κ3) is 4.45. The van der Waals surface area contributed by atoms with E-state index in [4.69, 9.17) is 0 Å². The summed E-state index contributed by atoms with van der Waals surface area (Å²) in [6.07, 6.45) is 0.864. The second-order valence-corrected chi connectivity index (χ2v) is 7.96. The second-order valence-electron chi connectivity index (χ2n) is 5.98. The molecule has 1 rings (SSSR count). The van der Waals surface area contributed by atoms with Crippen LogP contribution in [0.1, 0.15) is 38.3 Å². The van der Waals surface area contributed by atoms with Gasteiger partial charge in [0.2, 0.25) is 10.0 Å². The van der Waals surface area contributed by atoms with E-state index < -0.39 is 10.0 Å². The van der Waals surface area contributed by atoms with Crippen LogP contribution in [-0.4, -0.2) is 32.9 Å². The van der Waals surface area contributed by atoms with Crippen LogP contribution in [0.4, 0.5) is 5.69 Å². The van der Waals surface area contributed by atoms with Crippen molar-refractivity contribution in [2.24, 2.45) is 5.92 Å². The molecule has 0 aliphatic rings. The largest absolute Gasteiger partial charge is 0.385 e. The standard InChI is InChI=1S/C16H28N2O2S/c1-7-17-15-10-13(4)16(14(5)11-15)21(19,20)18(6)9-8-12(2)3/h10-12,17H,7-9H2,1-6H3. The summed E-state index contributed by atoms with van der Waals surface area (Å²) in [5, 5.41) is 3.23. The molecule has 1 N–H and O–H groups in total. The average Bonchev–Trinajstić information content (AvgIpc) is 2.34. The molecule has 0 atom stereocenters. The number of hydrogen-bond donors (Lipinski definition) is 1. The quantitative estimate of drug-likeness (QED) is 0.839. The number of nitrogens with one attached hydrogen (secondary N) is 1. The Labute approximate surface area is 129 Å². The normalized spacial score (nSPS) is 12.2. The van der Waals surface area contributed by atoms with Crippen molar-refractivity contribution >= 4 is 15.7 Å². The van der Waals surface area contributed by atoms with Gasteiger partial charge in [-0.2, -0.15) is 0 Å². The molecule has 0 radical (unpaired) electrons. The molecule has 0 aromatic heterocycles. The zero-order valence-electron chi connectivity index (χ0n) is 14.0. The van der Waals surface area contributed by atoms with Crippen LogP contribution in [0.5, 0.6) is 0 Å². The Kier molecular flexibility index (Phi) is 6.23. The Morgan fingerprint density at radius 1 is 1.19 bits per heavy atom. The molecule has 0 saturated heterocycles. The van der Waals surface area contributed by atoms with Crippen LogP contribution in [0.25, 0.3) is 0 Å². The Balaban J connectivity index is 3.13. The molecule has 0 saturated carbocycles. The van der Waals surface area contributed by atoms with Crippen LogP contribution in [0.3, 0.4) is 0 Å². The Hall–Kier alpha value is -1.07. The molecule has 0 fully saturated rings. The molecule has 0 spiro atoms. The minimum Gasteiger partial charge on any atom is -0.385 e. The fraction of sp³-hybridized carbons (Fsp3) is 0.625. The van der Waals surface area contributed by atoms with Gasteiger partial charge in [-0.05, 0) is 56.4 Å². The van der Waals surface area contributed by atoms with E-state index in [0.29, 0.717) is 17.4 Å². The van der Waals surface area contributed by atoms with Gasteiger partial charge in [0.25, 0.3) is 0 Å². The maximum Gasteiger partial charge on any atom is 0.243 e. The highest BCUT2D eigenvalue weighted by molar-refractivity contribution is 7.89. The molecule has 4 nitrogen and oxygen atoms in total. The topological polar surface area (TPSA) is 49.4 Å². The highest BCUT2D eigenvalue weighted by Gasteiger charge is 2.25. The fourth-order valence-corrected chi connectivity index (χ4v) is 3.97. The molecule has 0 aliphatic heterocycles. The van der Waals surface area contributed by atoms with Crippen molar-refractivity contribution in [1.29, 1.82) is 0 Å². The molecule has 0 amide bonds. The first-order valence-corrected chi connectivity index (χ1v) is 8.95. The number of anilines is 1. The van der Waals surface area contributed by atoms with Gasteiger partial charge in [0.15, 0.2) is 0 Å². The summed E-state index contributed by atoms with van der Waals surface area (Å²) in [7, 11) is -1.76. The summed E-state index contributed by atoms with van der Waals surface area (Å²) in [5.41, 5.74) is 2.56. The number of aryl methyl sites for hydroxylation is 2. The van der Waals surface area contributed by atoms with E-state index in [2.05, 4.69) is 19.2 Å². The summed E-state index contributed by atoms with van der Waals surface area (Å²) < 4.78 is 27.0. The van der Waals surface area contributed by atoms with Gasteiger partial charge in [-0.15, -0.1) is 0 Å². The van der Waals surface area contributed by atoms with Crippen LogP contribution < -0.4 is 5.32 Å². The third-order valence-corrected chi connectivity index (χ3v) is 5.69. The monoisotopic (exact) mass is 312 g/mol. The van der Waals surface area contributed by atoms with E-state index in [0.717, 1.165) is 29.8 Å². The van der Waals surface area contributed by atoms with Crippen LogP contribution in [0, 0.1) is 19.8 Å². The maximum absolute atomic E-state index is 12.8. The fourth-order valence-electron chi connectivity index (χ4n) is 2.38. The van der Waals surface area contributed by atoms with Gasteiger partial charge in [0, 0.05) is 25.8 Å². The third-order valence-electron chi connectivity index (χ3n) is 3.53. The SMILES string of the molecule is CCNc1cc(C)c(S(=O)(=O)N(C)CCC(C)C)c(C)c1.